The lowest BCUT2D eigenvalue weighted by Crippen LogP contribution is -2.27. The van der Waals surface area contributed by atoms with E-state index in [4.69, 9.17) is 21.7 Å². The minimum absolute atomic E-state index is 0.0495. The van der Waals surface area contributed by atoms with Gasteiger partial charge in [-0.15, -0.1) is 0 Å². The van der Waals surface area contributed by atoms with Gasteiger partial charge in [0.05, 0.1) is 28.7 Å². The van der Waals surface area contributed by atoms with Crippen LogP contribution in [0.4, 0.5) is 11.4 Å². The van der Waals surface area contributed by atoms with Gasteiger partial charge in [-0.05, 0) is 49.2 Å². The second-order valence-electron chi connectivity index (χ2n) is 6.54. The largest absolute Gasteiger partial charge is 0.493 e. The molecule has 0 bridgehead atoms. The highest BCUT2D eigenvalue weighted by Gasteiger charge is 2.33. The molecule has 2 aromatic rings. The molecule has 1 aliphatic heterocycles. The lowest BCUT2D eigenvalue weighted by atomic mass is 10.1. The summed E-state index contributed by atoms with van der Waals surface area (Å²) in [4.78, 5) is 25.1. The van der Waals surface area contributed by atoms with Crippen LogP contribution in [-0.4, -0.2) is 28.4 Å². The van der Waals surface area contributed by atoms with Gasteiger partial charge in [0.25, 0.3) is 11.6 Å². The highest BCUT2D eigenvalue weighted by atomic mass is 32.2. The van der Waals surface area contributed by atoms with Crippen molar-refractivity contribution in [3.05, 3.63) is 63.0 Å². The van der Waals surface area contributed by atoms with Crippen LogP contribution in [0.25, 0.3) is 6.08 Å². The number of hydrogen-bond acceptors (Lipinski definition) is 7. The van der Waals surface area contributed by atoms with Crippen molar-refractivity contribution in [1.29, 1.82) is 0 Å². The Morgan fingerprint density at radius 2 is 1.93 bits per heavy atom. The van der Waals surface area contributed by atoms with Crippen LogP contribution in [0.3, 0.4) is 0 Å². The van der Waals surface area contributed by atoms with Crippen LogP contribution in [0, 0.1) is 10.1 Å². The van der Waals surface area contributed by atoms with Gasteiger partial charge in [0, 0.05) is 12.1 Å². The molecule has 1 atom stereocenters. The van der Waals surface area contributed by atoms with E-state index in [2.05, 4.69) is 0 Å². The summed E-state index contributed by atoms with van der Waals surface area (Å²) in [5.41, 5.74) is 1.21. The van der Waals surface area contributed by atoms with Crippen molar-refractivity contribution in [3.63, 3.8) is 0 Å². The zero-order valence-corrected chi connectivity index (χ0v) is 18.3. The Morgan fingerprint density at radius 1 is 1.23 bits per heavy atom. The minimum Gasteiger partial charge on any atom is -0.493 e. The van der Waals surface area contributed by atoms with Crippen LogP contribution in [0.15, 0.2) is 47.4 Å². The van der Waals surface area contributed by atoms with E-state index < -0.39 is 4.92 Å². The van der Waals surface area contributed by atoms with Gasteiger partial charge in [-0.3, -0.25) is 19.8 Å². The molecule has 30 heavy (non-hydrogen) atoms. The number of anilines is 1. The predicted molar refractivity (Wildman–Crippen MR) is 122 cm³/mol. The summed E-state index contributed by atoms with van der Waals surface area (Å²) in [6.45, 7) is 4.02. The zero-order valence-electron chi connectivity index (χ0n) is 16.7. The van der Waals surface area contributed by atoms with Crippen molar-refractivity contribution in [2.75, 3.05) is 12.0 Å². The molecule has 7 nitrogen and oxygen atoms in total. The highest BCUT2D eigenvalue weighted by Crippen LogP contribution is 2.37. The average Bonchev–Trinajstić information content (AvgIpc) is 3.01. The number of rotatable bonds is 7. The van der Waals surface area contributed by atoms with Gasteiger partial charge >= 0.3 is 0 Å². The number of carbonyl (C=O) groups excluding carboxylic acids is 1. The molecular weight excluding hydrogens is 424 g/mol. The fourth-order valence-electron chi connectivity index (χ4n) is 2.74. The van der Waals surface area contributed by atoms with E-state index in [1.807, 2.05) is 26.0 Å². The van der Waals surface area contributed by atoms with Crippen molar-refractivity contribution in [1.82, 2.24) is 0 Å². The molecule has 1 amide bonds. The van der Waals surface area contributed by atoms with Gasteiger partial charge in [-0.1, -0.05) is 37.0 Å². The van der Waals surface area contributed by atoms with E-state index in [-0.39, 0.29) is 17.7 Å². The molecule has 0 radical (unpaired) electrons. The first-order valence-corrected chi connectivity index (χ1v) is 10.4. The van der Waals surface area contributed by atoms with Crippen molar-refractivity contribution in [2.24, 2.45) is 0 Å². The van der Waals surface area contributed by atoms with E-state index in [1.54, 1.807) is 19.3 Å². The first-order valence-electron chi connectivity index (χ1n) is 9.21. The average molecular weight is 445 g/mol. The Kier molecular flexibility index (Phi) is 6.73. The molecule has 3 rings (SSSR count). The van der Waals surface area contributed by atoms with E-state index in [9.17, 15) is 14.9 Å². The third kappa shape index (κ3) is 4.63. The quantitative estimate of drug-likeness (QED) is 0.252. The summed E-state index contributed by atoms with van der Waals surface area (Å²) < 4.78 is 11.6. The van der Waals surface area contributed by atoms with Crippen LogP contribution in [0.5, 0.6) is 11.5 Å². The SMILES string of the molecule is CC[C@@H](C)Oc1ccc(/C=C2/SC(=S)N(c3ccc([N+](=O)[O-])cc3)C2=O)cc1OC. The smallest absolute Gasteiger partial charge is 0.270 e. The van der Waals surface area contributed by atoms with Gasteiger partial charge in [0.2, 0.25) is 0 Å². The van der Waals surface area contributed by atoms with Crippen LogP contribution in [0.2, 0.25) is 0 Å². The fraction of sp³-hybridized carbons (Fsp3) is 0.238. The first-order chi connectivity index (χ1) is 14.3. The molecule has 2 aromatic carbocycles. The number of nitro benzene ring substituents is 1. The van der Waals surface area contributed by atoms with E-state index in [0.29, 0.717) is 26.4 Å². The van der Waals surface area contributed by atoms with E-state index in [1.165, 1.54) is 40.9 Å². The summed E-state index contributed by atoms with van der Waals surface area (Å²) in [6, 6.07) is 11.2. The maximum atomic E-state index is 12.9. The van der Waals surface area contributed by atoms with Crippen LogP contribution in [-0.2, 0) is 4.79 Å². The summed E-state index contributed by atoms with van der Waals surface area (Å²) in [5, 5.41) is 10.8. The Balaban J connectivity index is 1.85. The molecule has 0 spiro atoms. The molecule has 1 heterocycles. The normalized spacial score (nSPS) is 16.1. The third-order valence-corrected chi connectivity index (χ3v) is 5.80. The number of carbonyl (C=O) groups is 1. The van der Waals surface area contributed by atoms with Crippen molar-refractivity contribution in [2.45, 2.75) is 26.4 Å². The second-order valence-corrected chi connectivity index (χ2v) is 8.21. The number of thiocarbonyl (C=S) groups is 1. The molecule has 1 saturated heterocycles. The lowest BCUT2D eigenvalue weighted by Gasteiger charge is -2.16. The number of benzene rings is 2. The molecule has 0 saturated carbocycles. The summed E-state index contributed by atoms with van der Waals surface area (Å²) in [5.74, 6) is 0.940. The van der Waals surface area contributed by atoms with Gasteiger partial charge in [-0.25, -0.2) is 0 Å². The van der Waals surface area contributed by atoms with E-state index >= 15 is 0 Å². The predicted octanol–water partition coefficient (Wildman–Crippen LogP) is 5.19. The highest BCUT2D eigenvalue weighted by molar-refractivity contribution is 8.27. The minimum atomic E-state index is -0.490. The van der Waals surface area contributed by atoms with Crippen LogP contribution >= 0.6 is 24.0 Å². The van der Waals surface area contributed by atoms with Crippen molar-refractivity contribution in [3.8, 4) is 11.5 Å². The molecule has 0 N–H and O–H groups in total. The number of hydrogen-bond donors (Lipinski definition) is 0. The molecule has 1 aliphatic rings. The fourth-order valence-corrected chi connectivity index (χ4v) is 4.04. The molecule has 0 unspecified atom stereocenters. The molecule has 0 aromatic heterocycles. The number of methoxy groups -OCH3 is 1. The van der Waals surface area contributed by atoms with Gasteiger partial charge in [-0.2, -0.15) is 0 Å². The molecule has 1 fully saturated rings. The Morgan fingerprint density at radius 3 is 2.53 bits per heavy atom. The van der Waals surface area contributed by atoms with Crippen LogP contribution in [0.1, 0.15) is 25.8 Å². The first kappa shape index (κ1) is 21.8. The number of nitrogens with zero attached hydrogens (tertiary/aromatic N) is 2. The standard InChI is InChI=1S/C21H20N2O5S2/c1-4-13(2)28-17-10-5-14(11-18(17)27-3)12-19-20(24)22(21(29)30-19)15-6-8-16(9-7-15)23(25)26/h5-13H,4H2,1-3H3/b19-12+/t13-/m1/s1. The maximum Gasteiger partial charge on any atom is 0.270 e. The Labute approximate surface area is 183 Å². The number of amides is 1. The van der Waals surface area contributed by atoms with Gasteiger partial charge < -0.3 is 9.47 Å². The number of non-ortho nitro benzene ring substituents is 1. The topological polar surface area (TPSA) is 81.9 Å². The monoisotopic (exact) mass is 444 g/mol. The number of nitro groups is 1. The summed E-state index contributed by atoms with van der Waals surface area (Å²) >= 11 is 6.53. The summed E-state index contributed by atoms with van der Waals surface area (Å²) in [7, 11) is 1.57. The number of thioether (sulfide) groups is 1. The van der Waals surface area contributed by atoms with E-state index in [0.717, 1.165) is 12.0 Å². The molecule has 156 valence electrons. The Bertz CT molecular complexity index is 1020. The second kappa shape index (κ2) is 9.27. The third-order valence-electron chi connectivity index (χ3n) is 4.50. The van der Waals surface area contributed by atoms with Crippen LogP contribution < -0.4 is 14.4 Å². The van der Waals surface area contributed by atoms with Crippen molar-refractivity contribution >= 4 is 51.7 Å². The Hall–Kier alpha value is -2.91. The number of ether oxygens (including phenoxy) is 2. The summed E-state index contributed by atoms with van der Waals surface area (Å²) in [6.07, 6.45) is 2.67. The molecule has 9 heteroatoms. The lowest BCUT2D eigenvalue weighted by molar-refractivity contribution is -0.384. The zero-order chi connectivity index (χ0) is 21.8. The maximum absolute atomic E-state index is 12.9. The van der Waals surface area contributed by atoms with Gasteiger partial charge in [0.1, 0.15) is 0 Å². The van der Waals surface area contributed by atoms with Crippen molar-refractivity contribution < 1.29 is 19.2 Å². The molecular formula is C21H20N2O5S2. The molecule has 0 aliphatic carbocycles. The van der Waals surface area contributed by atoms with Gasteiger partial charge in [0.15, 0.2) is 15.8 Å².